The Balaban J connectivity index is 2.21. The number of aliphatic carboxylic acids is 1. The molecule has 0 unspecified atom stereocenters. The van der Waals surface area contributed by atoms with Crippen LogP contribution >= 0.6 is 11.6 Å². The lowest BCUT2D eigenvalue weighted by Crippen LogP contribution is -2.02. The van der Waals surface area contributed by atoms with Gasteiger partial charge in [-0.1, -0.05) is 23.7 Å². The molecule has 0 aliphatic carbocycles. The molecule has 1 N–H and O–H groups in total. The maximum atomic E-state index is 10.5. The maximum Gasteiger partial charge on any atom is 0.303 e. The topological polar surface area (TPSA) is 63.1 Å². The molecule has 92 valence electrons. The fraction of sp³-hybridized carbons (Fsp3) is 0.154. The van der Waals surface area contributed by atoms with Gasteiger partial charge < -0.3 is 5.11 Å². The number of aromatic nitrogens is 2. The molecule has 0 radical (unpaired) electrons. The lowest BCUT2D eigenvalue weighted by Gasteiger charge is -2.03. The first-order valence-corrected chi connectivity index (χ1v) is 5.82. The van der Waals surface area contributed by atoms with Gasteiger partial charge in [-0.2, -0.15) is 0 Å². The minimum Gasteiger partial charge on any atom is -0.481 e. The number of hydrogen-bond acceptors (Lipinski definition) is 3. The molecule has 2 rings (SSSR count). The van der Waals surface area contributed by atoms with Crippen LogP contribution in [0.1, 0.15) is 12.2 Å². The fourth-order valence-corrected chi connectivity index (χ4v) is 1.65. The molecule has 0 fully saturated rings. The maximum absolute atomic E-state index is 10.5. The smallest absolute Gasteiger partial charge is 0.303 e. The van der Waals surface area contributed by atoms with E-state index in [4.69, 9.17) is 16.7 Å². The molecule has 1 aromatic carbocycles. The average molecular weight is 263 g/mol. The molecule has 0 saturated heterocycles. The molecule has 0 atom stereocenters. The van der Waals surface area contributed by atoms with Crippen LogP contribution in [0.15, 0.2) is 36.5 Å². The fourth-order valence-electron chi connectivity index (χ4n) is 1.52. The van der Waals surface area contributed by atoms with E-state index in [0.29, 0.717) is 17.3 Å². The zero-order valence-corrected chi connectivity index (χ0v) is 10.3. The summed E-state index contributed by atoms with van der Waals surface area (Å²) in [6.07, 6.45) is 1.99. The third-order valence-corrected chi connectivity index (χ3v) is 2.66. The van der Waals surface area contributed by atoms with Gasteiger partial charge in [0.1, 0.15) is 5.82 Å². The van der Waals surface area contributed by atoms with Gasteiger partial charge in [0, 0.05) is 23.2 Å². The summed E-state index contributed by atoms with van der Waals surface area (Å²) in [6, 6.07) is 9.09. The largest absolute Gasteiger partial charge is 0.481 e. The minimum atomic E-state index is -0.851. The molecular formula is C13H11ClN2O2. The first-order valence-electron chi connectivity index (χ1n) is 5.45. The summed E-state index contributed by atoms with van der Waals surface area (Å²) in [5.41, 5.74) is 1.69. The normalized spacial score (nSPS) is 10.3. The van der Waals surface area contributed by atoms with Crippen molar-refractivity contribution in [2.24, 2.45) is 0 Å². The summed E-state index contributed by atoms with van der Waals surface area (Å²) in [6.45, 7) is 0. The van der Waals surface area contributed by atoms with Gasteiger partial charge >= 0.3 is 5.97 Å². The summed E-state index contributed by atoms with van der Waals surface area (Å²) < 4.78 is 0. The number of nitrogens with zero attached hydrogens (tertiary/aromatic N) is 2. The second kappa shape index (κ2) is 5.60. The molecule has 0 saturated carbocycles. The van der Waals surface area contributed by atoms with Gasteiger partial charge in [0.2, 0.25) is 0 Å². The Labute approximate surface area is 109 Å². The highest BCUT2D eigenvalue weighted by molar-refractivity contribution is 6.30. The van der Waals surface area contributed by atoms with E-state index in [-0.39, 0.29) is 6.42 Å². The molecule has 18 heavy (non-hydrogen) atoms. The quantitative estimate of drug-likeness (QED) is 0.920. The van der Waals surface area contributed by atoms with Crippen LogP contribution in [-0.4, -0.2) is 21.0 Å². The van der Waals surface area contributed by atoms with Crippen LogP contribution in [0.5, 0.6) is 0 Å². The molecule has 2 aromatic rings. The number of carbonyl (C=O) groups is 1. The molecule has 1 heterocycles. The molecule has 1 aromatic heterocycles. The van der Waals surface area contributed by atoms with Crippen molar-refractivity contribution in [3.8, 4) is 11.3 Å². The molecular weight excluding hydrogens is 252 g/mol. The monoisotopic (exact) mass is 262 g/mol. The molecule has 0 aliphatic heterocycles. The number of carboxylic acid groups (broad SMARTS) is 1. The molecule has 0 amide bonds. The molecule has 0 spiro atoms. The Kier molecular flexibility index (Phi) is 3.89. The number of aryl methyl sites for hydroxylation is 1. The molecule has 5 heteroatoms. The van der Waals surface area contributed by atoms with Crippen molar-refractivity contribution in [3.63, 3.8) is 0 Å². The van der Waals surface area contributed by atoms with E-state index in [9.17, 15) is 4.79 Å². The predicted octanol–water partition coefficient (Wildman–Crippen LogP) is 2.81. The highest BCUT2D eigenvalue weighted by Gasteiger charge is 2.04. The zero-order chi connectivity index (χ0) is 13.0. The molecule has 0 aliphatic rings. The Morgan fingerprint density at radius 1 is 1.22 bits per heavy atom. The third-order valence-electron chi connectivity index (χ3n) is 2.41. The van der Waals surface area contributed by atoms with E-state index >= 15 is 0 Å². The van der Waals surface area contributed by atoms with Gasteiger partial charge in [0.25, 0.3) is 0 Å². The average Bonchev–Trinajstić information content (AvgIpc) is 2.37. The van der Waals surface area contributed by atoms with Crippen LogP contribution < -0.4 is 0 Å². The van der Waals surface area contributed by atoms with Crippen molar-refractivity contribution in [2.45, 2.75) is 12.8 Å². The van der Waals surface area contributed by atoms with Crippen molar-refractivity contribution in [3.05, 3.63) is 47.4 Å². The van der Waals surface area contributed by atoms with E-state index in [1.165, 1.54) is 0 Å². The van der Waals surface area contributed by atoms with Crippen molar-refractivity contribution >= 4 is 17.6 Å². The van der Waals surface area contributed by atoms with Crippen molar-refractivity contribution in [1.29, 1.82) is 0 Å². The van der Waals surface area contributed by atoms with E-state index in [1.807, 2.05) is 12.1 Å². The van der Waals surface area contributed by atoms with Crippen molar-refractivity contribution in [2.75, 3.05) is 0 Å². The van der Waals surface area contributed by atoms with E-state index in [2.05, 4.69) is 9.97 Å². The second-order valence-electron chi connectivity index (χ2n) is 3.76. The second-order valence-corrected chi connectivity index (χ2v) is 4.20. The number of benzene rings is 1. The van der Waals surface area contributed by atoms with Gasteiger partial charge in [-0.25, -0.2) is 9.97 Å². The van der Waals surface area contributed by atoms with E-state index in [1.54, 1.807) is 24.4 Å². The van der Waals surface area contributed by atoms with Gasteiger partial charge in [0.15, 0.2) is 0 Å². The predicted molar refractivity (Wildman–Crippen MR) is 68.4 cm³/mol. The van der Waals surface area contributed by atoms with Gasteiger partial charge in [-0.3, -0.25) is 4.79 Å². The summed E-state index contributed by atoms with van der Waals surface area (Å²) in [5, 5.41) is 9.29. The van der Waals surface area contributed by atoms with Crippen LogP contribution in [0.4, 0.5) is 0 Å². The summed E-state index contributed by atoms with van der Waals surface area (Å²) in [5.74, 6) is -0.319. The van der Waals surface area contributed by atoms with Crippen LogP contribution in [0.25, 0.3) is 11.3 Å². The SMILES string of the molecule is O=C(O)CCc1nccc(-c2ccc(Cl)cc2)n1. The van der Waals surface area contributed by atoms with Gasteiger partial charge in [-0.05, 0) is 18.2 Å². The number of rotatable bonds is 4. The Morgan fingerprint density at radius 3 is 2.61 bits per heavy atom. The number of hydrogen-bond donors (Lipinski definition) is 1. The Bertz CT molecular complexity index is 555. The lowest BCUT2D eigenvalue weighted by atomic mass is 10.1. The van der Waals surface area contributed by atoms with Crippen LogP contribution in [0.2, 0.25) is 5.02 Å². The highest BCUT2D eigenvalue weighted by Crippen LogP contribution is 2.19. The standard InChI is InChI=1S/C13H11ClN2O2/c14-10-3-1-9(2-4-10)11-7-8-15-12(16-11)5-6-13(17)18/h1-4,7-8H,5-6H2,(H,17,18). The lowest BCUT2D eigenvalue weighted by molar-refractivity contribution is -0.137. The van der Waals surface area contributed by atoms with Crippen molar-refractivity contribution in [1.82, 2.24) is 9.97 Å². The van der Waals surface area contributed by atoms with Crippen LogP contribution in [-0.2, 0) is 11.2 Å². The zero-order valence-electron chi connectivity index (χ0n) is 9.51. The van der Waals surface area contributed by atoms with Gasteiger partial charge in [-0.15, -0.1) is 0 Å². The minimum absolute atomic E-state index is 0.0318. The van der Waals surface area contributed by atoms with E-state index in [0.717, 1.165) is 11.3 Å². The third kappa shape index (κ3) is 3.28. The first-order chi connectivity index (χ1) is 8.65. The summed E-state index contributed by atoms with van der Waals surface area (Å²) in [7, 11) is 0. The molecule has 4 nitrogen and oxygen atoms in total. The summed E-state index contributed by atoms with van der Waals surface area (Å²) in [4.78, 5) is 18.9. The number of carboxylic acids is 1. The van der Waals surface area contributed by atoms with Crippen LogP contribution in [0.3, 0.4) is 0 Å². The first kappa shape index (κ1) is 12.5. The number of halogens is 1. The van der Waals surface area contributed by atoms with Crippen LogP contribution in [0, 0.1) is 0 Å². The van der Waals surface area contributed by atoms with E-state index < -0.39 is 5.97 Å². The Morgan fingerprint density at radius 2 is 1.94 bits per heavy atom. The van der Waals surface area contributed by atoms with Crippen molar-refractivity contribution < 1.29 is 9.90 Å². The van der Waals surface area contributed by atoms with Gasteiger partial charge in [0.05, 0.1) is 12.1 Å². The summed E-state index contributed by atoms with van der Waals surface area (Å²) >= 11 is 5.82. The Hall–Kier alpha value is -1.94. The highest BCUT2D eigenvalue weighted by atomic mass is 35.5. The molecule has 0 bridgehead atoms.